The van der Waals surface area contributed by atoms with Crippen LogP contribution in [0, 0.1) is 11.8 Å². The Balaban J connectivity index is 0.996. The minimum atomic E-state index is -0.359. The molecular formula is C40H37N7O4. The van der Waals surface area contributed by atoms with E-state index >= 15 is 0 Å². The molecular weight excluding hydrogens is 642 g/mol. The van der Waals surface area contributed by atoms with Gasteiger partial charge in [0.2, 0.25) is 17.7 Å². The van der Waals surface area contributed by atoms with Gasteiger partial charge in [-0.25, -0.2) is 4.98 Å². The smallest absolute Gasteiger partial charge is 0.269 e. The number of piperidine rings is 1. The van der Waals surface area contributed by atoms with Crippen LogP contribution >= 0.6 is 0 Å². The first-order valence-corrected chi connectivity index (χ1v) is 17.2. The number of imide groups is 1. The second-order valence-corrected chi connectivity index (χ2v) is 12.7. The predicted molar refractivity (Wildman–Crippen MR) is 192 cm³/mol. The highest BCUT2D eigenvalue weighted by Crippen LogP contribution is 2.34. The Morgan fingerprint density at radius 2 is 1.88 bits per heavy atom. The number of benzene rings is 2. The molecule has 1 saturated heterocycles. The number of imidazole rings is 1. The number of pyridine rings is 2. The average molecular weight is 680 g/mol. The quantitative estimate of drug-likeness (QED) is 0.144. The van der Waals surface area contributed by atoms with Crippen LogP contribution < -0.4 is 10.6 Å². The summed E-state index contributed by atoms with van der Waals surface area (Å²) >= 11 is 0. The van der Waals surface area contributed by atoms with Gasteiger partial charge in [-0.3, -0.25) is 34.5 Å². The maximum absolute atomic E-state index is 12.8. The van der Waals surface area contributed by atoms with Gasteiger partial charge in [-0.1, -0.05) is 49.1 Å². The standard InChI is InChI=1S/C40H37N7O4/c1-3-36-44-38(35-24-46(25(2)48)18-19-47(35)36)31-12-7-11-28-21-34(43-23-32(28)31)29-13-15-33(42-22-29)40(51)41-17-5-4-8-26-9-6-10-27(20-26)30-14-16-37(49)45-39(30)50/h6-7,9-13,15,20-23,30H,3,5,14,16-19,24H2,1-2H3,(H,41,51)(H,45,49,50). The number of carbonyl (C=O) groups excluding carboxylic acids is 4. The molecule has 5 aromatic rings. The largest absolute Gasteiger partial charge is 0.350 e. The van der Waals surface area contributed by atoms with Crippen LogP contribution in [0.25, 0.3) is 33.3 Å². The van der Waals surface area contributed by atoms with Crippen LogP contribution in [0.4, 0.5) is 0 Å². The molecule has 2 aliphatic heterocycles. The molecule has 2 aromatic carbocycles. The Hall–Kier alpha value is -6.15. The van der Waals surface area contributed by atoms with Gasteiger partial charge in [0.15, 0.2) is 0 Å². The number of hydrogen-bond acceptors (Lipinski definition) is 7. The average Bonchev–Trinajstić information content (AvgIpc) is 3.52. The van der Waals surface area contributed by atoms with Crippen molar-refractivity contribution in [3.63, 3.8) is 0 Å². The number of rotatable bonds is 7. The lowest BCUT2D eigenvalue weighted by Crippen LogP contribution is -2.39. The number of fused-ring (bicyclic) bond motifs is 2. The Labute approximate surface area is 295 Å². The zero-order chi connectivity index (χ0) is 35.5. The maximum Gasteiger partial charge on any atom is 0.269 e. The van der Waals surface area contributed by atoms with Gasteiger partial charge in [-0.05, 0) is 47.7 Å². The number of aromatic nitrogens is 4. The van der Waals surface area contributed by atoms with E-state index in [0.29, 0.717) is 44.6 Å². The van der Waals surface area contributed by atoms with E-state index in [0.717, 1.165) is 68.9 Å². The van der Waals surface area contributed by atoms with E-state index in [4.69, 9.17) is 9.97 Å². The molecule has 1 atom stereocenters. The molecule has 7 rings (SSSR count). The molecule has 5 heterocycles. The normalized spacial score (nSPS) is 15.5. The summed E-state index contributed by atoms with van der Waals surface area (Å²) in [7, 11) is 0. The molecule has 2 aliphatic rings. The number of hydrogen-bond donors (Lipinski definition) is 2. The zero-order valence-electron chi connectivity index (χ0n) is 28.5. The van der Waals surface area contributed by atoms with Gasteiger partial charge in [0, 0.05) is 80.3 Å². The minimum absolute atomic E-state index is 0.0607. The second kappa shape index (κ2) is 14.4. The number of nitrogens with one attached hydrogen (secondary N) is 2. The first kappa shape index (κ1) is 33.4. The van der Waals surface area contributed by atoms with E-state index in [1.807, 2.05) is 59.6 Å². The fourth-order valence-electron chi connectivity index (χ4n) is 6.75. The highest BCUT2D eigenvalue weighted by atomic mass is 16.2. The van der Waals surface area contributed by atoms with Gasteiger partial charge >= 0.3 is 0 Å². The van der Waals surface area contributed by atoms with Crippen LogP contribution in [0.15, 0.2) is 73.1 Å². The molecule has 4 amide bonds. The van der Waals surface area contributed by atoms with Crippen molar-refractivity contribution in [1.82, 2.24) is 35.1 Å². The lowest BCUT2D eigenvalue weighted by atomic mass is 9.90. The van der Waals surface area contributed by atoms with Crippen LogP contribution in [0.3, 0.4) is 0 Å². The number of carbonyl (C=O) groups is 4. The Bertz CT molecular complexity index is 2250. The molecule has 0 bridgehead atoms. The van der Waals surface area contributed by atoms with E-state index in [-0.39, 0.29) is 29.5 Å². The molecule has 0 saturated carbocycles. The minimum Gasteiger partial charge on any atom is -0.350 e. The van der Waals surface area contributed by atoms with E-state index in [2.05, 4.69) is 45.0 Å². The zero-order valence-corrected chi connectivity index (χ0v) is 28.5. The maximum atomic E-state index is 12.8. The van der Waals surface area contributed by atoms with Crippen molar-refractivity contribution in [2.24, 2.45) is 0 Å². The van der Waals surface area contributed by atoms with Crippen molar-refractivity contribution < 1.29 is 19.2 Å². The van der Waals surface area contributed by atoms with Crippen LogP contribution in [0.1, 0.15) is 72.2 Å². The Morgan fingerprint density at radius 1 is 1.02 bits per heavy atom. The summed E-state index contributed by atoms with van der Waals surface area (Å²) in [4.78, 5) is 64.8. The van der Waals surface area contributed by atoms with Crippen molar-refractivity contribution in [1.29, 1.82) is 0 Å². The van der Waals surface area contributed by atoms with E-state index < -0.39 is 0 Å². The molecule has 0 spiro atoms. The number of amides is 4. The van der Waals surface area contributed by atoms with E-state index in [9.17, 15) is 19.2 Å². The van der Waals surface area contributed by atoms with E-state index in [1.54, 1.807) is 19.2 Å². The van der Waals surface area contributed by atoms with Gasteiger partial charge in [0.05, 0.1) is 29.5 Å². The molecule has 1 fully saturated rings. The fourth-order valence-corrected chi connectivity index (χ4v) is 6.75. The van der Waals surface area contributed by atoms with Crippen molar-refractivity contribution in [3.05, 3.63) is 101 Å². The molecule has 0 aliphatic carbocycles. The van der Waals surface area contributed by atoms with Crippen LogP contribution in [0.5, 0.6) is 0 Å². The molecule has 51 heavy (non-hydrogen) atoms. The topological polar surface area (TPSA) is 139 Å². The van der Waals surface area contributed by atoms with Crippen LogP contribution in [-0.4, -0.2) is 61.1 Å². The van der Waals surface area contributed by atoms with Crippen molar-refractivity contribution in [2.45, 2.75) is 58.5 Å². The molecule has 1 unspecified atom stereocenters. The van der Waals surface area contributed by atoms with Crippen LogP contribution in [-0.2, 0) is 33.9 Å². The summed E-state index contributed by atoms with van der Waals surface area (Å²) < 4.78 is 2.25. The van der Waals surface area contributed by atoms with Crippen LogP contribution in [0.2, 0.25) is 0 Å². The monoisotopic (exact) mass is 679 g/mol. The third kappa shape index (κ3) is 6.99. The SMILES string of the molecule is CCc1nc(-c2cccc3cc(-c4ccc(C(=O)NCCC#Cc5cccc(C6CCC(=O)NC6=O)c5)nc4)ncc23)c2n1CCN(C(C)=O)C2. The molecule has 11 heteroatoms. The summed E-state index contributed by atoms with van der Waals surface area (Å²) in [5.41, 5.74) is 6.34. The van der Waals surface area contributed by atoms with E-state index in [1.165, 1.54) is 0 Å². The van der Waals surface area contributed by atoms with Gasteiger partial charge in [0.1, 0.15) is 11.5 Å². The second-order valence-electron chi connectivity index (χ2n) is 12.7. The van der Waals surface area contributed by atoms with Gasteiger partial charge in [-0.15, -0.1) is 0 Å². The first-order valence-electron chi connectivity index (χ1n) is 17.2. The molecule has 256 valence electrons. The van der Waals surface area contributed by atoms with Gasteiger partial charge in [0.25, 0.3) is 5.91 Å². The fraction of sp³-hybridized carbons (Fsp3) is 0.275. The molecule has 11 nitrogen and oxygen atoms in total. The molecule has 2 N–H and O–H groups in total. The highest BCUT2D eigenvalue weighted by Gasteiger charge is 2.28. The van der Waals surface area contributed by atoms with Gasteiger partial charge < -0.3 is 14.8 Å². The van der Waals surface area contributed by atoms with Crippen molar-refractivity contribution in [2.75, 3.05) is 13.1 Å². The summed E-state index contributed by atoms with van der Waals surface area (Å²) in [6.45, 7) is 6.00. The summed E-state index contributed by atoms with van der Waals surface area (Å²) in [5.74, 6) is 6.08. The Kier molecular flexibility index (Phi) is 9.40. The summed E-state index contributed by atoms with van der Waals surface area (Å²) in [6, 6.07) is 19.1. The number of nitrogens with zero attached hydrogens (tertiary/aromatic N) is 5. The number of aryl methyl sites for hydroxylation is 1. The summed E-state index contributed by atoms with van der Waals surface area (Å²) in [5, 5.41) is 7.23. The van der Waals surface area contributed by atoms with Crippen molar-refractivity contribution >= 4 is 34.4 Å². The Morgan fingerprint density at radius 3 is 2.67 bits per heavy atom. The predicted octanol–water partition coefficient (Wildman–Crippen LogP) is 4.78. The lowest BCUT2D eigenvalue weighted by Gasteiger charge is -2.28. The third-order valence-electron chi connectivity index (χ3n) is 9.46. The first-order chi connectivity index (χ1) is 24.8. The summed E-state index contributed by atoms with van der Waals surface area (Å²) in [6.07, 6.45) is 5.56. The molecule has 3 aromatic heterocycles. The van der Waals surface area contributed by atoms with Gasteiger partial charge in [-0.2, -0.15) is 0 Å². The third-order valence-corrected chi connectivity index (χ3v) is 9.46. The molecule has 0 radical (unpaired) electrons. The highest BCUT2D eigenvalue weighted by molar-refractivity contribution is 6.01. The lowest BCUT2D eigenvalue weighted by molar-refractivity contribution is -0.134. The van der Waals surface area contributed by atoms with Crippen molar-refractivity contribution in [3.8, 4) is 34.4 Å².